The van der Waals surface area contributed by atoms with Gasteiger partial charge in [0.1, 0.15) is 0 Å². The molecule has 4 rings (SSSR count). The van der Waals surface area contributed by atoms with Crippen LogP contribution in [0.25, 0.3) is 0 Å². The standard InChI is InChI=1S/C9H7ClFNO.C9H8ClFO3.C8H7BrClFO.C8H6ClFO4.CN.CH4.Na/c1-13-9-5-7(10)6(2-3-12)4-8(9)11;1-13-8-4-6(10)5(3-7(8)11)9(12)14-2;1-12-8-3-6(10)5(4-9)2-7(8)11;1-13-7-3-5(9)4(2-6(7)10)8(11)14-12;1-2;;/h4-5H,2H2,1H3;3-4H,1-2H3;2-3H,4H2,1H3;2-3,12H,1H3;;1H4;/q;;;;-1;;+1. The summed E-state index contributed by atoms with van der Waals surface area (Å²) in [5.74, 6) is -3.97. The number of benzene rings is 4. The molecular weight excluding hydrogens is 925 g/mol. The molecule has 0 amide bonds. The molecule has 0 heterocycles. The Bertz CT molecular complexity index is 1890. The molecule has 0 fully saturated rings. The number of hydrogen-bond acceptors (Lipinski definition) is 11. The molecule has 0 radical (unpaired) electrons. The fourth-order valence-electron chi connectivity index (χ4n) is 3.62. The molecule has 4 aromatic rings. The third-order valence-electron chi connectivity index (χ3n) is 6.25. The fraction of sp³-hybridized carbons (Fsp3) is 0.222. The van der Waals surface area contributed by atoms with E-state index >= 15 is 0 Å². The Morgan fingerprint density at radius 1 is 0.649 bits per heavy atom. The van der Waals surface area contributed by atoms with E-state index in [0.717, 1.165) is 23.8 Å². The summed E-state index contributed by atoms with van der Waals surface area (Å²) < 4.78 is 75.4. The van der Waals surface area contributed by atoms with E-state index in [0.29, 0.717) is 20.9 Å². The number of nitrogens with zero attached hydrogens (tertiary/aromatic N) is 2. The molecule has 57 heavy (non-hydrogen) atoms. The van der Waals surface area contributed by atoms with Crippen LogP contribution in [0.2, 0.25) is 20.1 Å². The summed E-state index contributed by atoms with van der Waals surface area (Å²) in [4.78, 5) is 25.3. The summed E-state index contributed by atoms with van der Waals surface area (Å²) in [5.41, 5.74) is 0.900. The van der Waals surface area contributed by atoms with E-state index in [1.165, 1.54) is 65.9 Å². The second-order valence-electron chi connectivity index (χ2n) is 9.43. The van der Waals surface area contributed by atoms with Crippen LogP contribution >= 0.6 is 62.3 Å². The molecule has 21 heteroatoms. The molecule has 11 nitrogen and oxygen atoms in total. The first kappa shape index (κ1) is 57.6. The average molecular weight is 957 g/mol. The van der Waals surface area contributed by atoms with Gasteiger partial charge in [-0.1, -0.05) is 69.8 Å². The smallest absolute Gasteiger partial charge is 0.512 e. The van der Waals surface area contributed by atoms with Crippen molar-refractivity contribution in [3.05, 3.63) is 121 Å². The number of methoxy groups -OCH3 is 5. The van der Waals surface area contributed by atoms with Crippen LogP contribution in [0.15, 0.2) is 48.5 Å². The van der Waals surface area contributed by atoms with Crippen molar-refractivity contribution in [2.75, 3.05) is 35.5 Å². The Hall–Kier alpha value is -3.68. The summed E-state index contributed by atoms with van der Waals surface area (Å²) in [6.45, 7) is 4.75. The number of rotatable bonds is 8. The zero-order chi connectivity index (χ0) is 42.4. The van der Waals surface area contributed by atoms with Gasteiger partial charge in [0.05, 0.1) is 69.2 Å². The minimum absolute atomic E-state index is 0. The zero-order valence-electron chi connectivity index (χ0n) is 30.0. The third-order valence-corrected chi connectivity index (χ3v) is 8.18. The van der Waals surface area contributed by atoms with Gasteiger partial charge in [-0.15, -0.1) is 0 Å². The molecule has 0 saturated carbocycles. The van der Waals surface area contributed by atoms with Crippen LogP contribution < -0.4 is 48.5 Å². The maximum atomic E-state index is 13.1. The van der Waals surface area contributed by atoms with Crippen LogP contribution in [0.3, 0.4) is 0 Å². The van der Waals surface area contributed by atoms with Gasteiger partial charge in [0.15, 0.2) is 46.3 Å². The summed E-state index contributed by atoms with van der Waals surface area (Å²) in [6.07, 6.45) is 0.0970. The number of alkyl halides is 1. The molecular formula is C36H32BrCl4F4N2NaO9. The predicted octanol–water partition coefficient (Wildman–Crippen LogP) is 8.06. The first-order valence-electron chi connectivity index (χ1n) is 14.3. The van der Waals surface area contributed by atoms with E-state index in [2.05, 4.69) is 35.0 Å². The van der Waals surface area contributed by atoms with E-state index in [9.17, 15) is 27.2 Å². The van der Waals surface area contributed by atoms with E-state index in [1.807, 2.05) is 6.07 Å². The molecule has 0 atom stereocenters. The van der Waals surface area contributed by atoms with Crippen molar-refractivity contribution < 1.29 is 90.5 Å². The topological polar surface area (TPSA) is 157 Å². The van der Waals surface area contributed by atoms with Gasteiger partial charge in [-0.05, 0) is 35.4 Å². The van der Waals surface area contributed by atoms with Crippen molar-refractivity contribution in [2.45, 2.75) is 19.2 Å². The van der Waals surface area contributed by atoms with Crippen molar-refractivity contribution in [3.63, 3.8) is 0 Å². The van der Waals surface area contributed by atoms with Crippen molar-refractivity contribution in [1.29, 1.82) is 10.5 Å². The van der Waals surface area contributed by atoms with Crippen LogP contribution in [0.4, 0.5) is 17.6 Å². The van der Waals surface area contributed by atoms with Gasteiger partial charge in [0.25, 0.3) is 0 Å². The van der Waals surface area contributed by atoms with Gasteiger partial charge in [-0.25, -0.2) is 27.2 Å². The van der Waals surface area contributed by atoms with Gasteiger partial charge in [-0.2, -0.15) is 10.5 Å². The maximum Gasteiger partial charge on any atom is 1.00 e. The van der Waals surface area contributed by atoms with Crippen molar-refractivity contribution in [1.82, 2.24) is 0 Å². The molecule has 304 valence electrons. The quantitative estimate of drug-likeness (QED) is 0.0347. The number of nitriles is 1. The largest absolute Gasteiger partial charge is 1.00 e. The number of halogens is 9. The second-order valence-corrected chi connectivity index (χ2v) is 11.6. The molecule has 1 N–H and O–H groups in total. The molecule has 0 aliphatic heterocycles. The number of carbonyl (C=O) groups excluding carboxylic acids is 2. The van der Waals surface area contributed by atoms with Crippen LogP contribution in [0.1, 0.15) is 39.3 Å². The second kappa shape index (κ2) is 30.4. The SMILES string of the molecule is C.COC(=O)c1cc(F)c(OC)cc1Cl.COc1cc(Cl)c(C(=O)OO)cc1F.COc1cc(Cl)c(CBr)cc1F.COc1cc(Cl)c(CC#N)cc1F.[C-]#N.[Na+]. The number of carbonyl (C=O) groups is 2. The molecule has 0 unspecified atom stereocenters. The van der Waals surface area contributed by atoms with Crippen LogP contribution in [0, 0.1) is 46.4 Å². The summed E-state index contributed by atoms with van der Waals surface area (Å²) >= 11 is 26.1. The Labute approximate surface area is 377 Å². The summed E-state index contributed by atoms with van der Waals surface area (Å²) in [7, 11) is 6.54. The van der Waals surface area contributed by atoms with Gasteiger partial charge in [0, 0.05) is 39.6 Å². The van der Waals surface area contributed by atoms with Gasteiger partial charge < -0.3 is 35.5 Å². The van der Waals surface area contributed by atoms with Crippen LogP contribution in [-0.2, 0) is 21.4 Å². The van der Waals surface area contributed by atoms with Gasteiger partial charge in [-0.3, -0.25) is 4.89 Å². The number of esters is 1. The molecule has 0 bridgehead atoms. The average Bonchev–Trinajstić information content (AvgIpc) is 3.19. The van der Waals surface area contributed by atoms with Gasteiger partial charge in [0.2, 0.25) is 0 Å². The Morgan fingerprint density at radius 3 is 1.28 bits per heavy atom. The molecule has 0 aliphatic carbocycles. The van der Waals surface area contributed by atoms with Gasteiger partial charge >= 0.3 is 41.5 Å². The number of ether oxygens (including phenoxy) is 5. The van der Waals surface area contributed by atoms with Crippen molar-refractivity contribution >= 4 is 74.3 Å². The fourth-order valence-corrected chi connectivity index (χ4v) is 5.15. The minimum Gasteiger partial charge on any atom is -0.512 e. The van der Waals surface area contributed by atoms with Crippen molar-refractivity contribution in [2.24, 2.45) is 0 Å². The Morgan fingerprint density at radius 2 is 0.965 bits per heavy atom. The molecule has 4 aromatic carbocycles. The zero-order valence-corrected chi connectivity index (χ0v) is 36.7. The minimum atomic E-state index is -1.13. The maximum absolute atomic E-state index is 13.1. The Balaban J connectivity index is -0.000000665. The number of hydrogen-bond donors (Lipinski definition) is 1. The third kappa shape index (κ3) is 18.2. The molecule has 0 saturated heterocycles. The molecule has 0 aromatic heterocycles. The summed E-state index contributed by atoms with van der Waals surface area (Å²) in [5, 5.41) is 24.1. The van der Waals surface area contributed by atoms with E-state index in [4.69, 9.17) is 78.2 Å². The first-order valence-corrected chi connectivity index (χ1v) is 16.9. The van der Waals surface area contributed by atoms with E-state index in [1.54, 1.807) is 0 Å². The van der Waals surface area contributed by atoms with Crippen molar-refractivity contribution in [3.8, 4) is 29.1 Å². The van der Waals surface area contributed by atoms with Crippen LogP contribution in [-0.4, -0.2) is 52.7 Å². The molecule has 0 aliphatic rings. The Kier molecular flexibility index (Phi) is 30.7. The monoisotopic (exact) mass is 954 g/mol. The first-order chi connectivity index (χ1) is 26.1. The van der Waals surface area contributed by atoms with E-state index in [-0.39, 0.29) is 87.6 Å². The normalized spacial score (nSPS) is 9.05. The predicted molar refractivity (Wildman–Crippen MR) is 205 cm³/mol. The van der Waals surface area contributed by atoms with Crippen LogP contribution in [0.5, 0.6) is 23.0 Å². The molecule has 0 spiro atoms. The van der Waals surface area contributed by atoms with E-state index < -0.39 is 35.2 Å². The summed E-state index contributed by atoms with van der Waals surface area (Å²) in [6, 6.07) is 11.4.